The van der Waals surface area contributed by atoms with Gasteiger partial charge >= 0.3 is 0 Å². The molecule has 0 fully saturated rings. The average molecular weight is 372 g/mol. The van der Waals surface area contributed by atoms with Gasteiger partial charge in [0.05, 0.1) is 29.2 Å². The van der Waals surface area contributed by atoms with Gasteiger partial charge in [-0.1, -0.05) is 12.1 Å². The van der Waals surface area contributed by atoms with Gasteiger partial charge in [-0.05, 0) is 44.4 Å². The number of fused-ring (bicyclic) bond motifs is 1. The minimum Gasteiger partial charge on any atom is -0.346 e. The van der Waals surface area contributed by atoms with Crippen molar-refractivity contribution in [2.45, 2.75) is 32.7 Å². The summed E-state index contributed by atoms with van der Waals surface area (Å²) in [6.45, 7) is 3.94. The van der Waals surface area contributed by atoms with Crippen LogP contribution in [0.4, 0.5) is 0 Å². The molecule has 0 saturated heterocycles. The van der Waals surface area contributed by atoms with Crippen molar-refractivity contribution in [3.8, 4) is 0 Å². The molecule has 2 heterocycles. The van der Waals surface area contributed by atoms with Crippen molar-refractivity contribution in [2.24, 2.45) is 7.05 Å². The second-order valence-corrected chi connectivity index (χ2v) is 7.48. The quantitative estimate of drug-likeness (QED) is 0.669. The highest BCUT2D eigenvalue weighted by molar-refractivity contribution is 7.98. The van der Waals surface area contributed by atoms with Gasteiger partial charge in [0, 0.05) is 18.3 Å². The molecule has 0 spiro atoms. The Kier molecular flexibility index (Phi) is 5.66. The Hall–Kier alpha value is -2.28. The molecule has 0 aliphatic rings. The fourth-order valence-electron chi connectivity index (χ4n) is 3.13. The number of rotatable bonds is 7. The van der Waals surface area contributed by atoms with Crippen molar-refractivity contribution in [3.05, 3.63) is 47.0 Å². The zero-order valence-electron chi connectivity index (χ0n) is 15.7. The molecule has 3 rings (SSSR count). The molecule has 3 aromatic rings. The number of hydrogen-bond donors (Lipinski definition) is 2. The molecule has 2 aromatic heterocycles. The van der Waals surface area contributed by atoms with Crippen LogP contribution in [0.3, 0.4) is 0 Å². The van der Waals surface area contributed by atoms with Gasteiger partial charge in [0.15, 0.2) is 0 Å². The second kappa shape index (κ2) is 7.95. The van der Waals surface area contributed by atoms with E-state index in [-0.39, 0.29) is 11.9 Å². The third-order valence-corrected chi connectivity index (χ3v) is 5.32. The number of aromatic amines is 1. The lowest BCUT2D eigenvalue weighted by Gasteiger charge is -2.16. The lowest BCUT2D eigenvalue weighted by molar-refractivity contribution is -0.121. The van der Waals surface area contributed by atoms with Gasteiger partial charge in [0.25, 0.3) is 0 Å². The molecule has 0 aliphatic carbocycles. The van der Waals surface area contributed by atoms with E-state index in [0.717, 1.165) is 46.0 Å². The predicted octanol–water partition coefficient (Wildman–Crippen LogP) is 3.07. The summed E-state index contributed by atoms with van der Waals surface area (Å²) in [6.07, 6.45) is 3.24. The summed E-state index contributed by atoms with van der Waals surface area (Å²) in [5.41, 5.74) is 4.85. The number of thioether (sulfide) groups is 1. The monoisotopic (exact) mass is 371 g/mol. The third-order valence-electron chi connectivity index (χ3n) is 4.68. The van der Waals surface area contributed by atoms with Gasteiger partial charge in [-0.3, -0.25) is 9.48 Å². The van der Waals surface area contributed by atoms with E-state index >= 15 is 0 Å². The van der Waals surface area contributed by atoms with E-state index in [1.807, 2.05) is 49.8 Å². The molecule has 7 heteroatoms. The molecule has 0 aliphatic heterocycles. The lowest BCUT2D eigenvalue weighted by Crippen LogP contribution is -2.31. The van der Waals surface area contributed by atoms with E-state index in [0.29, 0.717) is 6.42 Å². The van der Waals surface area contributed by atoms with Crippen molar-refractivity contribution in [2.75, 3.05) is 12.0 Å². The molecule has 138 valence electrons. The zero-order chi connectivity index (χ0) is 18.7. The van der Waals surface area contributed by atoms with Crippen LogP contribution in [0.15, 0.2) is 24.3 Å². The maximum atomic E-state index is 12.7. The Morgan fingerprint density at radius 3 is 2.77 bits per heavy atom. The van der Waals surface area contributed by atoms with Crippen LogP contribution in [0.2, 0.25) is 0 Å². The first-order chi connectivity index (χ1) is 12.5. The van der Waals surface area contributed by atoms with Crippen LogP contribution in [0.5, 0.6) is 0 Å². The number of para-hydroxylation sites is 2. The average Bonchev–Trinajstić information content (AvgIpc) is 3.15. The molecule has 2 N–H and O–H groups in total. The Balaban J connectivity index is 1.78. The predicted molar refractivity (Wildman–Crippen MR) is 106 cm³/mol. The van der Waals surface area contributed by atoms with Gasteiger partial charge in [0.1, 0.15) is 5.82 Å². The normalized spacial score (nSPS) is 12.5. The molecule has 1 amide bonds. The molecule has 26 heavy (non-hydrogen) atoms. The first-order valence-corrected chi connectivity index (χ1v) is 10.1. The number of imidazole rings is 1. The number of benzene rings is 1. The second-order valence-electron chi connectivity index (χ2n) is 6.49. The van der Waals surface area contributed by atoms with Crippen molar-refractivity contribution >= 4 is 28.7 Å². The summed E-state index contributed by atoms with van der Waals surface area (Å²) in [7, 11) is 1.90. The van der Waals surface area contributed by atoms with Crippen LogP contribution in [-0.2, 0) is 18.3 Å². The Labute approximate surface area is 157 Å². The first kappa shape index (κ1) is 18.5. The molecule has 0 bridgehead atoms. The van der Waals surface area contributed by atoms with E-state index in [1.165, 1.54) is 0 Å². The van der Waals surface area contributed by atoms with E-state index in [1.54, 1.807) is 11.8 Å². The van der Waals surface area contributed by atoms with Crippen LogP contribution in [0.25, 0.3) is 11.0 Å². The van der Waals surface area contributed by atoms with E-state index in [9.17, 15) is 4.79 Å². The smallest absolute Gasteiger partial charge is 0.225 e. The largest absolute Gasteiger partial charge is 0.346 e. The van der Waals surface area contributed by atoms with E-state index in [2.05, 4.69) is 26.6 Å². The SMILES string of the molecule is CSCCC(NC(=O)Cc1c(C)nn(C)c1C)c1nc2ccccc2[nH]1. The summed E-state index contributed by atoms with van der Waals surface area (Å²) >= 11 is 1.76. The van der Waals surface area contributed by atoms with Gasteiger partial charge in [-0.2, -0.15) is 16.9 Å². The fourth-order valence-corrected chi connectivity index (χ4v) is 3.60. The number of nitrogens with zero attached hydrogens (tertiary/aromatic N) is 3. The number of amides is 1. The summed E-state index contributed by atoms with van der Waals surface area (Å²) in [5, 5.41) is 7.55. The molecule has 1 unspecified atom stereocenters. The Morgan fingerprint density at radius 1 is 1.35 bits per heavy atom. The van der Waals surface area contributed by atoms with Crippen molar-refractivity contribution in [1.29, 1.82) is 0 Å². The highest BCUT2D eigenvalue weighted by atomic mass is 32.2. The van der Waals surface area contributed by atoms with Crippen LogP contribution >= 0.6 is 11.8 Å². The molecule has 1 aromatic carbocycles. The third kappa shape index (κ3) is 3.93. The minimum atomic E-state index is -0.125. The van der Waals surface area contributed by atoms with Crippen LogP contribution in [-0.4, -0.2) is 37.7 Å². The first-order valence-electron chi connectivity index (χ1n) is 8.71. The summed E-state index contributed by atoms with van der Waals surface area (Å²) < 4.78 is 1.82. The van der Waals surface area contributed by atoms with Crippen molar-refractivity contribution in [1.82, 2.24) is 25.1 Å². The maximum Gasteiger partial charge on any atom is 0.225 e. The van der Waals surface area contributed by atoms with Crippen LogP contribution in [0.1, 0.15) is 35.2 Å². The van der Waals surface area contributed by atoms with Crippen molar-refractivity contribution < 1.29 is 4.79 Å². The zero-order valence-corrected chi connectivity index (χ0v) is 16.5. The van der Waals surface area contributed by atoms with Crippen LogP contribution < -0.4 is 5.32 Å². The lowest BCUT2D eigenvalue weighted by atomic mass is 10.1. The molecular weight excluding hydrogens is 346 g/mol. The number of nitrogens with one attached hydrogen (secondary N) is 2. The fraction of sp³-hybridized carbons (Fsp3) is 0.421. The molecule has 0 saturated carbocycles. The van der Waals surface area contributed by atoms with Gasteiger partial charge < -0.3 is 10.3 Å². The van der Waals surface area contributed by atoms with Crippen molar-refractivity contribution in [3.63, 3.8) is 0 Å². The summed E-state index contributed by atoms with van der Waals surface area (Å²) in [6, 6.07) is 7.80. The summed E-state index contributed by atoms with van der Waals surface area (Å²) in [5.74, 6) is 1.76. The number of aromatic nitrogens is 4. The standard InChI is InChI=1S/C19H25N5OS/c1-12-14(13(2)24(3)23-12)11-18(25)20-17(9-10-26-4)19-21-15-7-5-6-8-16(15)22-19/h5-8,17H,9-11H2,1-4H3,(H,20,25)(H,21,22). The van der Waals surface area contributed by atoms with E-state index < -0.39 is 0 Å². The maximum absolute atomic E-state index is 12.7. The molecule has 6 nitrogen and oxygen atoms in total. The minimum absolute atomic E-state index is 0.00393. The summed E-state index contributed by atoms with van der Waals surface area (Å²) in [4.78, 5) is 20.7. The topological polar surface area (TPSA) is 75.6 Å². The molecular formula is C19H25N5OS. The highest BCUT2D eigenvalue weighted by Crippen LogP contribution is 2.21. The Morgan fingerprint density at radius 2 is 2.12 bits per heavy atom. The molecule has 0 radical (unpaired) electrons. The number of hydrogen-bond acceptors (Lipinski definition) is 4. The van der Waals surface area contributed by atoms with Gasteiger partial charge in [-0.15, -0.1) is 0 Å². The van der Waals surface area contributed by atoms with E-state index in [4.69, 9.17) is 0 Å². The van der Waals surface area contributed by atoms with Gasteiger partial charge in [-0.25, -0.2) is 4.98 Å². The molecule has 1 atom stereocenters. The number of aryl methyl sites for hydroxylation is 2. The highest BCUT2D eigenvalue weighted by Gasteiger charge is 2.20. The number of H-pyrrole nitrogens is 1. The number of carbonyl (C=O) groups is 1. The number of carbonyl (C=O) groups excluding carboxylic acids is 1. The van der Waals surface area contributed by atoms with Crippen LogP contribution in [0, 0.1) is 13.8 Å². The Bertz CT molecular complexity index is 881. The van der Waals surface area contributed by atoms with Gasteiger partial charge in [0.2, 0.25) is 5.91 Å².